The topological polar surface area (TPSA) is 102 Å². The molecule has 152 valence electrons. The first-order chi connectivity index (χ1) is 13.4. The number of carbonyl (C=O) groups is 2. The van der Waals surface area contributed by atoms with E-state index in [4.69, 9.17) is 4.74 Å². The number of aryl methyl sites for hydroxylation is 1. The van der Waals surface area contributed by atoms with Crippen LogP contribution in [-0.2, 0) is 11.2 Å². The second-order valence-corrected chi connectivity index (χ2v) is 7.70. The number of anilines is 2. The Labute approximate surface area is 168 Å². The standard InChI is InChI=1S/C19H26N4O4S/c1-12(2)11-27-16-9-13(3)5-6-15(16)22-17(24)23-18-21-10-14(28-18)7-8-20-19(25)26-4/h5-6,9-10,12H,7-8,11H2,1-4H3,(H,20,25)(H2,21,22,23,24). The van der Waals surface area contributed by atoms with Gasteiger partial charge in [-0.15, -0.1) is 11.3 Å². The molecular formula is C19H26N4O4S. The number of nitrogens with one attached hydrogen (secondary N) is 3. The van der Waals surface area contributed by atoms with Crippen molar-refractivity contribution in [1.82, 2.24) is 10.3 Å². The normalized spacial score (nSPS) is 10.5. The van der Waals surface area contributed by atoms with Gasteiger partial charge in [-0.05, 0) is 30.5 Å². The molecule has 2 aromatic rings. The minimum Gasteiger partial charge on any atom is -0.491 e. The molecule has 9 heteroatoms. The highest BCUT2D eigenvalue weighted by molar-refractivity contribution is 7.15. The Morgan fingerprint density at radius 1 is 1.25 bits per heavy atom. The van der Waals surface area contributed by atoms with E-state index in [-0.39, 0.29) is 0 Å². The van der Waals surface area contributed by atoms with Crippen molar-refractivity contribution in [2.24, 2.45) is 5.92 Å². The molecule has 0 aliphatic carbocycles. The lowest BCUT2D eigenvalue weighted by molar-refractivity contribution is 0.171. The van der Waals surface area contributed by atoms with Gasteiger partial charge in [0.15, 0.2) is 5.13 Å². The van der Waals surface area contributed by atoms with Gasteiger partial charge < -0.3 is 20.1 Å². The fourth-order valence-corrected chi connectivity index (χ4v) is 3.01. The van der Waals surface area contributed by atoms with E-state index < -0.39 is 12.1 Å². The van der Waals surface area contributed by atoms with E-state index >= 15 is 0 Å². The van der Waals surface area contributed by atoms with Gasteiger partial charge in [-0.2, -0.15) is 0 Å². The fourth-order valence-electron chi connectivity index (χ4n) is 2.20. The first-order valence-corrected chi connectivity index (χ1v) is 9.77. The number of thiazole rings is 1. The van der Waals surface area contributed by atoms with Crippen LogP contribution in [0.4, 0.5) is 20.4 Å². The molecule has 0 aliphatic rings. The number of aromatic nitrogens is 1. The highest BCUT2D eigenvalue weighted by atomic mass is 32.1. The Morgan fingerprint density at radius 2 is 2.04 bits per heavy atom. The molecule has 0 radical (unpaired) electrons. The predicted octanol–water partition coefficient (Wildman–Crippen LogP) is 4.03. The number of methoxy groups -OCH3 is 1. The van der Waals surface area contributed by atoms with Gasteiger partial charge in [0, 0.05) is 24.0 Å². The Balaban J connectivity index is 1.91. The summed E-state index contributed by atoms with van der Waals surface area (Å²) in [5.74, 6) is 1.02. The van der Waals surface area contributed by atoms with Gasteiger partial charge in [0.1, 0.15) is 5.75 Å². The van der Waals surface area contributed by atoms with E-state index in [1.54, 1.807) is 6.20 Å². The van der Waals surface area contributed by atoms with Crippen molar-refractivity contribution in [3.8, 4) is 5.75 Å². The fraction of sp³-hybridized carbons (Fsp3) is 0.421. The zero-order valence-electron chi connectivity index (χ0n) is 16.5. The summed E-state index contributed by atoms with van der Waals surface area (Å²) in [4.78, 5) is 28.5. The number of hydrogen-bond donors (Lipinski definition) is 3. The molecule has 3 amide bonds. The first-order valence-electron chi connectivity index (χ1n) is 8.95. The van der Waals surface area contributed by atoms with Gasteiger partial charge in [0.05, 0.1) is 19.4 Å². The minimum atomic E-state index is -0.476. The van der Waals surface area contributed by atoms with Crippen LogP contribution in [0.15, 0.2) is 24.4 Å². The lowest BCUT2D eigenvalue weighted by atomic mass is 10.2. The average molecular weight is 407 g/mol. The Kier molecular flexibility index (Phi) is 8.06. The van der Waals surface area contributed by atoms with E-state index in [9.17, 15) is 9.59 Å². The zero-order chi connectivity index (χ0) is 20.5. The van der Waals surface area contributed by atoms with Crippen LogP contribution in [0.5, 0.6) is 5.75 Å². The van der Waals surface area contributed by atoms with Crippen LogP contribution in [0.3, 0.4) is 0 Å². The van der Waals surface area contributed by atoms with Crippen LogP contribution in [0, 0.1) is 12.8 Å². The van der Waals surface area contributed by atoms with Crippen LogP contribution in [0.2, 0.25) is 0 Å². The summed E-state index contributed by atoms with van der Waals surface area (Å²) in [6.45, 7) is 7.10. The zero-order valence-corrected chi connectivity index (χ0v) is 17.3. The SMILES string of the molecule is COC(=O)NCCc1cnc(NC(=O)Nc2ccc(C)cc2OCC(C)C)s1. The van der Waals surface area contributed by atoms with Crippen LogP contribution in [0.25, 0.3) is 0 Å². The molecule has 0 saturated carbocycles. The Bertz CT molecular complexity index is 807. The molecule has 0 aliphatic heterocycles. The number of benzene rings is 1. The third-order valence-corrected chi connectivity index (χ3v) is 4.53. The quantitative estimate of drug-likeness (QED) is 0.614. The van der Waals surface area contributed by atoms with Crippen LogP contribution < -0.4 is 20.7 Å². The second-order valence-electron chi connectivity index (χ2n) is 6.58. The van der Waals surface area contributed by atoms with Crippen molar-refractivity contribution in [2.75, 3.05) is 30.9 Å². The lowest BCUT2D eigenvalue weighted by Crippen LogP contribution is -2.25. The number of alkyl carbamates (subject to hydrolysis) is 1. The monoisotopic (exact) mass is 406 g/mol. The maximum Gasteiger partial charge on any atom is 0.406 e. The van der Waals surface area contributed by atoms with E-state index in [0.717, 1.165) is 10.4 Å². The van der Waals surface area contributed by atoms with Crippen molar-refractivity contribution in [2.45, 2.75) is 27.2 Å². The highest BCUT2D eigenvalue weighted by Crippen LogP contribution is 2.27. The van der Waals surface area contributed by atoms with E-state index in [0.29, 0.717) is 42.1 Å². The Morgan fingerprint density at radius 3 is 2.75 bits per heavy atom. The van der Waals surface area contributed by atoms with Crippen molar-refractivity contribution >= 4 is 34.3 Å². The molecule has 1 heterocycles. The van der Waals surface area contributed by atoms with E-state index in [1.165, 1.54) is 18.4 Å². The molecule has 0 spiro atoms. The van der Waals surface area contributed by atoms with Crippen molar-refractivity contribution in [3.63, 3.8) is 0 Å². The maximum atomic E-state index is 12.3. The van der Waals surface area contributed by atoms with Gasteiger partial charge in [0.2, 0.25) is 0 Å². The number of amides is 3. The van der Waals surface area contributed by atoms with Crippen LogP contribution >= 0.6 is 11.3 Å². The van der Waals surface area contributed by atoms with E-state index in [2.05, 4.69) is 39.5 Å². The first kappa shape index (κ1) is 21.5. The average Bonchev–Trinajstić information content (AvgIpc) is 3.08. The van der Waals surface area contributed by atoms with Crippen molar-refractivity contribution in [3.05, 3.63) is 34.8 Å². The van der Waals surface area contributed by atoms with Gasteiger partial charge >= 0.3 is 12.1 Å². The number of hydrogen-bond acceptors (Lipinski definition) is 6. The molecule has 0 fully saturated rings. The smallest absolute Gasteiger partial charge is 0.406 e. The maximum absolute atomic E-state index is 12.3. The van der Waals surface area contributed by atoms with E-state index in [1.807, 2.05) is 25.1 Å². The molecule has 1 aromatic heterocycles. The number of ether oxygens (including phenoxy) is 2. The number of nitrogens with zero attached hydrogens (tertiary/aromatic N) is 1. The molecule has 3 N–H and O–H groups in total. The molecule has 0 atom stereocenters. The van der Waals surface area contributed by atoms with Gasteiger partial charge in [0.25, 0.3) is 0 Å². The van der Waals surface area contributed by atoms with Crippen molar-refractivity contribution in [1.29, 1.82) is 0 Å². The minimum absolute atomic E-state index is 0.379. The largest absolute Gasteiger partial charge is 0.491 e. The van der Waals surface area contributed by atoms with Gasteiger partial charge in [-0.3, -0.25) is 5.32 Å². The number of rotatable bonds is 8. The second kappa shape index (κ2) is 10.5. The summed E-state index contributed by atoms with van der Waals surface area (Å²) < 4.78 is 10.3. The number of urea groups is 1. The van der Waals surface area contributed by atoms with Gasteiger partial charge in [-0.25, -0.2) is 14.6 Å². The third-order valence-electron chi connectivity index (χ3n) is 3.56. The third kappa shape index (κ3) is 7.07. The number of carbonyl (C=O) groups excluding carboxylic acids is 2. The predicted molar refractivity (Wildman–Crippen MR) is 110 cm³/mol. The molecular weight excluding hydrogens is 380 g/mol. The highest BCUT2D eigenvalue weighted by Gasteiger charge is 2.11. The molecule has 28 heavy (non-hydrogen) atoms. The molecule has 8 nitrogen and oxygen atoms in total. The summed E-state index contributed by atoms with van der Waals surface area (Å²) >= 11 is 1.35. The summed E-state index contributed by atoms with van der Waals surface area (Å²) in [6.07, 6.45) is 1.79. The van der Waals surface area contributed by atoms with Crippen molar-refractivity contribution < 1.29 is 19.1 Å². The van der Waals surface area contributed by atoms with Crippen LogP contribution in [-0.4, -0.2) is 37.4 Å². The summed E-state index contributed by atoms with van der Waals surface area (Å²) in [5, 5.41) is 8.59. The molecule has 0 saturated heterocycles. The molecule has 2 rings (SSSR count). The summed E-state index contributed by atoms with van der Waals surface area (Å²) in [5.41, 5.74) is 1.65. The summed E-state index contributed by atoms with van der Waals surface area (Å²) in [7, 11) is 1.32. The molecule has 1 aromatic carbocycles. The van der Waals surface area contributed by atoms with Gasteiger partial charge in [-0.1, -0.05) is 19.9 Å². The summed E-state index contributed by atoms with van der Waals surface area (Å²) in [6, 6.07) is 5.23. The Hall–Kier alpha value is -2.81. The lowest BCUT2D eigenvalue weighted by Gasteiger charge is -2.14. The molecule has 0 unspecified atom stereocenters. The van der Waals surface area contributed by atoms with Crippen LogP contribution in [0.1, 0.15) is 24.3 Å². The molecule has 0 bridgehead atoms.